The average molecular weight is 417 g/mol. The third-order valence-electron chi connectivity index (χ3n) is 4.25. The number of halogens is 2. The Morgan fingerprint density at radius 3 is 2.47 bits per heavy atom. The van der Waals surface area contributed by atoms with Gasteiger partial charge in [0.15, 0.2) is 6.61 Å². The number of aryl methyl sites for hydroxylation is 1. The molecule has 0 unspecified atom stereocenters. The second-order valence-electron chi connectivity index (χ2n) is 6.42. The number of hydrogen-bond donors (Lipinski definition) is 1. The molecule has 0 aliphatic carbocycles. The molecular formula is C21H21F2N3O4. The van der Waals surface area contributed by atoms with E-state index in [2.05, 4.69) is 5.32 Å². The summed E-state index contributed by atoms with van der Waals surface area (Å²) in [7, 11) is 1.60. The number of hydrogen-bond acceptors (Lipinski definition) is 5. The summed E-state index contributed by atoms with van der Waals surface area (Å²) in [5.41, 5.74) is 2.04. The summed E-state index contributed by atoms with van der Waals surface area (Å²) in [6, 6.07) is 6.08. The molecule has 1 amide bonds. The Kier molecular flexibility index (Phi) is 7.83. The summed E-state index contributed by atoms with van der Waals surface area (Å²) in [5.74, 6) is -3.51. The molecule has 9 heteroatoms. The van der Waals surface area contributed by atoms with Crippen LogP contribution < -0.4 is 5.32 Å². The van der Waals surface area contributed by atoms with E-state index >= 15 is 0 Å². The molecule has 0 radical (unpaired) electrons. The fraction of sp³-hybridized carbons (Fsp3) is 0.286. The summed E-state index contributed by atoms with van der Waals surface area (Å²) in [6.07, 6.45) is 1.38. The third-order valence-corrected chi connectivity index (χ3v) is 4.25. The maximum atomic E-state index is 13.2. The molecule has 1 N–H and O–H groups in total. The molecule has 0 aliphatic rings. The number of ether oxygens (including phenoxy) is 2. The Balaban J connectivity index is 2.04. The topological polar surface area (TPSA) is 93.3 Å². The Morgan fingerprint density at radius 1 is 1.20 bits per heavy atom. The first-order valence-electron chi connectivity index (χ1n) is 8.95. The van der Waals surface area contributed by atoms with Crippen molar-refractivity contribution >= 4 is 23.6 Å². The van der Waals surface area contributed by atoms with Gasteiger partial charge in [-0.3, -0.25) is 4.79 Å². The number of carbonyl (C=O) groups is 2. The Hall–Kier alpha value is -3.51. The van der Waals surface area contributed by atoms with Crippen LogP contribution in [0.1, 0.15) is 17.0 Å². The first kappa shape index (κ1) is 22.8. The van der Waals surface area contributed by atoms with E-state index in [-0.39, 0.29) is 11.3 Å². The highest BCUT2D eigenvalue weighted by atomic mass is 19.1. The van der Waals surface area contributed by atoms with Gasteiger partial charge in [0.05, 0.1) is 6.61 Å². The molecule has 2 rings (SSSR count). The molecule has 2 aromatic rings. The number of nitrogens with zero attached hydrogens (tertiary/aromatic N) is 2. The monoisotopic (exact) mass is 417 g/mol. The van der Waals surface area contributed by atoms with Gasteiger partial charge < -0.3 is 19.4 Å². The fourth-order valence-corrected chi connectivity index (χ4v) is 2.82. The van der Waals surface area contributed by atoms with Crippen molar-refractivity contribution in [1.82, 2.24) is 4.57 Å². The minimum Gasteiger partial charge on any atom is -0.451 e. The largest absolute Gasteiger partial charge is 0.451 e. The van der Waals surface area contributed by atoms with E-state index in [1.165, 1.54) is 6.08 Å². The van der Waals surface area contributed by atoms with E-state index in [0.29, 0.717) is 24.8 Å². The number of methoxy groups -OCH3 is 1. The zero-order chi connectivity index (χ0) is 22.3. The van der Waals surface area contributed by atoms with Gasteiger partial charge in [-0.1, -0.05) is 0 Å². The Bertz CT molecular complexity index is 1000. The van der Waals surface area contributed by atoms with Crippen LogP contribution in [0, 0.1) is 36.8 Å². The molecular weight excluding hydrogens is 396 g/mol. The molecule has 0 aliphatic heterocycles. The number of aromatic nitrogens is 1. The second kappa shape index (κ2) is 10.3. The number of rotatable bonds is 8. The average Bonchev–Trinajstić information content (AvgIpc) is 2.94. The lowest BCUT2D eigenvalue weighted by atomic mass is 10.1. The Morgan fingerprint density at radius 2 is 1.87 bits per heavy atom. The van der Waals surface area contributed by atoms with Gasteiger partial charge in [0.2, 0.25) is 0 Å². The van der Waals surface area contributed by atoms with Crippen molar-refractivity contribution < 1.29 is 27.8 Å². The minimum absolute atomic E-state index is 0.118. The van der Waals surface area contributed by atoms with Gasteiger partial charge >= 0.3 is 5.97 Å². The number of esters is 1. The zero-order valence-electron chi connectivity index (χ0n) is 16.8. The summed E-state index contributed by atoms with van der Waals surface area (Å²) in [4.78, 5) is 24.0. The molecule has 0 saturated carbocycles. The van der Waals surface area contributed by atoms with Crippen molar-refractivity contribution in [2.45, 2.75) is 20.4 Å². The van der Waals surface area contributed by atoms with Gasteiger partial charge in [0.25, 0.3) is 5.91 Å². The smallest absolute Gasteiger partial charge is 0.349 e. The normalized spacial score (nSPS) is 11.1. The molecule has 158 valence electrons. The minimum atomic E-state index is -0.986. The molecule has 0 fully saturated rings. The molecule has 0 atom stereocenters. The van der Waals surface area contributed by atoms with E-state index in [4.69, 9.17) is 9.47 Å². The second-order valence-corrected chi connectivity index (χ2v) is 6.42. The summed E-state index contributed by atoms with van der Waals surface area (Å²) in [5, 5.41) is 11.5. The van der Waals surface area contributed by atoms with Gasteiger partial charge in [-0.2, -0.15) is 5.26 Å². The maximum absolute atomic E-state index is 13.2. The van der Waals surface area contributed by atoms with Crippen LogP contribution in [0.5, 0.6) is 0 Å². The summed E-state index contributed by atoms with van der Waals surface area (Å²) >= 11 is 0. The van der Waals surface area contributed by atoms with E-state index in [1.54, 1.807) is 13.2 Å². The number of benzene rings is 1. The van der Waals surface area contributed by atoms with Crippen LogP contribution in [0.2, 0.25) is 0 Å². The molecule has 30 heavy (non-hydrogen) atoms. The fourth-order valence-electron chi connectivity index (χ4n) is 2.82. The van der Waals surface area contributed by atoms with Gasteiger partial charge in [-0.05, 0) is 43.7 Å². The zero-order valence-corrected chi connectivity index (χ0v) is 16.8. The van der Waals surface area contributed by atoms with Gasteiger partial charge in [0.1, 0.15) is 23.3 Å². The predicted molar refractivity (Wildman–Crippen MR) is 105 cm³/mol. The third kappa shape index (κ3) is 5.99. The first-order valence-corrected chi connectivity index (χ1v) is 8.95. The predicted octanol–water partition coefficient (Wildman–Crippen LogP) is 3.12. The van der Waals surface area contributed by atoms with Crippen LogP contribution in [-0.4, -0.2) is 36.8 Å². The molecule has 0 saturated heterocycles. The summed E-state index contributed by atoms with van der Waals surface area (Å²) < 4.78 is 38.2. The van der Waals surface area contributed by atoms with Gasteiger partial charge in [-0.15, -0.1) is 0 Å². The lowest BCUT2D eigenvalue weighted by Crippen LogP contribution is -2.21. The molecule has 0 spiro atoms. The van der Waals surface area contributed by atoms with Crippen LogP contribution >= 0.6 is 0 Å². The maximum Gasteiger partial charge on any atom is 0.349 e. The van der Waals surface area contributed by atoms with Crippen LogP contribution in [0.15, 0.2) is 29.8 Å². The van der Waals surface area contributed by atoms with Crippen molar-refractivity contribution in [3.8, 4) is 6.07 Å². The Labute approximate surface area is 172 Å². The number of nitrogens with one attached hydrogen (secondary N) is 1. The number of amides is 1. The van der Waals surface area contributed by atoms with Crippen LogP contribution in [0.25, 0.3) is 6.08 Å². The molecule has 0 bridgehead atoms. The van der Waals surface area contributed by atoms with E-state index < -0.39 is 30.1 Å². The summed E-state index contributed by atoms with van der Waals surface area (Å²) in [6.45, 7) is 4.15. The molecule has 1 heterocycles. The van der Waals surface area contributed by atoms with Crippen molar-refractivity contribution in [1.29, 1.82) is 5.26 Å². The number of anilines is 1. The van der Waals surface area contributed by atoms with E-state index in [9.17, 15) is 23.6 Å². The molecule has 1 aromatic heterocycles. The SMILES string of the molecule is COCCn1c(C)cc(/C=C(\C#N)C(=O)OCC(=O)Nc2cc(F)cc(F)c2)c1C. The highest BCUT2D eigenvalue weighted by Gasteiger charge is 2.16. The van der Waals surface area contributed by atoms with Crippen molar-refractivity contribution in [3.63, 3.8) is 0 Å². The molecule has 7 nitrogen and oxygen atoms in total. The van der Waals surface area contributed by atoms with E-state index in [0.717, 1.165) is 23.5 Å². The van der Waals surface area contributed by atoms with Crippen LogP contribution in [0.4, 0.5) is 14.5 Å². The van der Waals surface area contributed by atoms with Gasteiger partial charge in [0, 0.05) is 36.8 Å². The number of nitriles is 1. The number of carbonyl (C=O) groups excluding carboxylic acids is 2. The lowest BCUT2D eigenvalue weighted by molar-refractivity contribution is -0.142. The van der Waals surface area contributed by atoms with Crippen molar-refractivity contribution in [2.75, 3.05) is 25.6 Å². The van der Waals surface area contributed by atoms with Crippen molar-refractivity contribution in [2.24, 2.45) is 0 Å². The van der Waals surface area contributed by atoms with Crippen molar-refractivity contribution in [3.05, 3.63) is 58.4 Å². The highest BCUT2D eigenvalue weighted by molar-refractivity contribution is 6.00. The van der Waals surface area contributed by atoms with E-state index in [1.807, 2.05) is 24.5 Å². The first-order chi connectivity index (χ1) is 14.2. The quantitative estimate of drug-likeness (QED) is 0.405. The van der Waals surface area contributed by atoms with Crippen LogP contribution in [0.3, 0.4) is 0 Å². The molecule has 1 aromatic carbocycles. The standard InChI is InChI=1S/C21H21F2N3O4/c1-13-6-15(14(2)26(13)4-5-29-3)7-16(11-24)21(28)30-12-20(27)25-19-9-17(22)8-18(23)10-19/h6-10H,4-5,12H2,1-3H3,(H,25,27)/b16-7+. The lowest BCUT2D eigenvalue weighted by Gasteiger charge is -2.08. The van der Waals surface area contributed by atoms with Gasteiger partial charge in [-0.25, -0.2) is 13.6 Å². The highest BCUT2D eigenvalue weighted by Crippen LogP contribution is 2.19. The van der Waals surface area contributed by atoms with Crippen LogP contribution in [-0.2, 0) is 25.6 Å².